The Morgan fingerprint density at radius 2 is 2.00 bits per heavy atom. The van der Waals surface area contributed by atoms with Gasteiger partial charge in [0, 0.05) is 17.3 Å². The molecule has 1 nitrogen and oxygen atoms in total. The zero-order valence-corrected chi connectivity index (χ0v) is 13.1. The molecule has 0 radical (unpaired) electrons. The molecule has 1 aromatic rings. The SMILES string of the molecule is CCCCC(NCC1(SC)CCC1)c1ccccc1. The second-order valence-electron chi connectivity index (χ2n) is 5.73. The van der Waals surface area contributed by atoms with Gasteiger partial charge in [0.05, 0.1) is 0 Å². The molecule has 0 saturated heterocycles. The number of unbranched alkanes of at least 4 members (excludes halogenated alkanes) is 1. The van der Waals surface area contributed by atoms with E-state index in [4.69, 9.17) is 0 Å². The molecule has 1 unspecified atom stereocenters. The van der Waals surface area contributed by atoms with E-state index in [2.05, 4.69) is 60.6 Å². The van der Waals surface area contributed by atoms with Crippen molar-refractivity contribution in [2.75, 3.05) is 12.8 Å². The molecule has 0 bridgehead atoms. The first-order valence-corrected chi connectivity index (χ1v) is 8.85. The Hall–Kier alpha value is -0.470. The molecule has 106 valence electrons. The Balaban J connectivity index is 1.94. The molecule has 1 atom stereocenters. The number of nitrogens with one attached hydrogen (secondary N) is 1. The smallest absolute Gasteiger partial charge is 0.0320 e. The number of thioether (sulfide) groups is 1. The zero-order valence-electron chi connectivity index (χ0n) is 12.3. The molecular weight excluding hydrogens is 250 g/mol. The third-order valence-electron chi connectivity index (χ3n) is 4.42. The summed E-state index contributed by atoms with van der Waals surface area (Å²) in [7, 11) is 0. The Labute approximate surface area is 122 Å². The van der Waals surface area contributed by atoms with Crippen LogP contribution in [0.4, 0.5) is 0 Å². The van der Waals surface area contributed by atoms with E-state index >= 15 is 0 Å². The molecule has 1 fully saturated rings. The van der Waals surface area contributed by atoms with Crippen molar-refractivity contribution in [1.82, 2.24) is 5.32 Å². The van der Waals surface area contributed by atoms with Gasteiger partial charge < -0.3 is 5.32 Å². The number of hydrogen-bond donors (Lipinski definition) is 1. The van der Waals surface area contributed by atoms with Crippen LogP contribution in [-0.2, 0) is 0 Å². The lowest BCUT2D eigenvalue weighted by Gasteiger charge is -2.41. The van der Waals surface area contributed by atoms with E-state index in [9.17, 15) is 0 Å². The maximum atomic E-state index is 3.84. The third-order valence-corrected chi connectivity index (χ3v) is 5.84. The van der Waals surface area contributed by atoms with Crippen LogP contribution < -0.4 is 5.32 Å². The molecule has 0 amide bonds. The van der Waals surface area contributed by atoms with Gasteiger partial charge in [0.2, 0.25) is 0 Å². The normalized spacial score (nSPS) is 18.8. The highest BCUT2D eigenvalue weighted by Crippen LogP contribution is 2.42. The minimum atomic E-state index is 0.527. The van der Waals surface area contributed by atoms with E-state index < -0.39 is 0 Å². The van der Waals surface area contributed by atoms with Crippen LogP contribution in [0, 0.1) is 0 Å². The van der Waals surface area contributed by atoms with E-state index in [0.717, 1.165) is 6.54 Å². The van der Waals surface area contributed by atoms with Crippen molar-refractivity contribution in [3.8, 4) is 0 Å². The standard InChI is InChI=1S/C17H27NS/c1-3-4-11-16(15-9-6-5-7-10-15)18-14-17(19-2)12-8-13-17/h5-7,9-10,16,18H,3-4,8,11-14H2,1-2H3. The van der Waals surface area contributed by atoms with Crippen LogP contribution in [0.3, 0.4) is 0 Å². The summed E-state index contributed by atoms with van der Waals surface area (Å²) in [6, 6.07) is 11.5. The predicted molar refractivity (Wildman–Crippen MR) is 86.8 cm³/mol. The molecule has 0 aliphatic heterocycles. The van der Waals surface area contributed by atoms with Crippen molar-refractivity contribution in [1.29, 1.82) is 0 Å². The minimum absolute atomic E-state index is 0.527. The lowest BCUT2D eigenvalue weighted by Crippen LogP contribution is -2.44. The van der Waals surface area contributed by atoms with Gasteiger partial charge in [-0.05, 0) is 31.1 Å². The van der Waals surface area contributed by atoms with Crippen LogP contribution in [0.15, 0.2) is 30.3 Å². The van der Waals surface area contributed by atoms with Crippen molar-refractivity contribution in [3.63, 3.8) is 0 Å². The second kappa shape index (κ2) is 7.35. The summed E-state index contributed by atoms with van der Waals surface area (Å²) in [5.41, 5.74) is 1.45. The summed E-state index contributed by atoms with van der Waals surface area (Å²) < 4.78 is 0.527. The van der Waals surface area contributed by atoms with Gasteiger partial charge in [-0.3, -0.25) is 0 Å². The summed E-state index contributed by atoms with van der Waals surface area (Å²) in [4.78, 5) is 0. The molecule has 1 aliphatic rings. The van der Waals surface area contributed by atoms with Gasteiger partial charge in [0.25, 0.3) is 0 Å². The maximum absolute atomic E-state index is 3.84. The lowest BCUT2D eigenvalue weighted by atomic mass is 9.83. The number of hydrogen-bond acceptors (Lipinski definition) is 2. The summed E-state index contributed by atoms with van der Waals surface area (Å²) in [5, 5.41) is 3.84. The van der Waals surface area contributed by atoms with Gasteiger partial charge in [-0.1, -0.05) is 56.5 Å². The molecule has 1 N–H and O–H groups in total. The van der Waals surface area contributed by atoms with Crippen molar-refractivity contribution in [2.45, 2.75) is 56.2 Å². The van der Waals surface area contributed by atoms with Gasteiger partial charge in [-0.25, -0.2) is 0 Å². The first kappa shape index (κ1) is 14.9. The Morgan fingerprint density at radius 1 is 1.26 bits per heavy atom. The monoisotopic (exact) mass is 277 g/mol. The Bertz CT molecular complexity index is 353. The van der Waals surface area contributed by atoms with Crippen molar-refractivity contribution in [2.24, 2.45) is 0 Å². The molecule has 2 heteroatoms. The molecule has 1 aliphatic carbocycles. The van der Waals surface area contributed by atoms with Gasteiger partial charge in [-0.15, -0.1) is 0 Å². The van der Waals surface area contributed by atoms with E-state index in [1.807, 2.05) is 0 Å². The van der Waals surface area contributed by atoms with Crippen molar-refractivity contribution >= 4 is 11.8 Å². The predicted octanol–water partition coefficient (Wildman–Crippen LogP) is 4.79. The highest BCUT2D eigenvalue weighted by Gasteiger charge is 2.36. The Kier molecular flexibility index (Phi) is 5.77. The molecule has 19 heavy (non-hydrogen) atoms. The van der Waals surface area contributed by atoms with Crippen LogP contribution >= 0.6 is 11.8 Å². The lowest BCUT2D eigenvalue weighted by molar-refractivity contribution is 0.324. The second-order valence-corrected chi connectivity index (χ2v) is 7.00. The Morgan fingerprint density at radius 3 is 2.53 bits per heavy atom. The summed E-state index contributed by atoms with van der Waals surface area (Å²) in [6.45, 7) is 3.44. The van der Waals surface area contributed by atoms with E-state index in [1.165, 1.54) is 44.1 Å². The highest BCUT2D eigenvalue weighted by molar-refractivity contribution is 8.00. The quantitative estimate of drug-likeness (QED) is 0.733. The van der Waals surface area contributed by atoms with E-state index in [0.29, 0.717) is 10.8 Å². The fourth-order valence-electron chi connectivity index (χ4n) is 2.81. The molecule has 1 saturated carbocycles. The molecule has 0 heterocycles. The van der Waals surface area contributed by atoms with Crippen LogP contribution in [0.25, 0.3) is 0 Å². The number of rotatable bonds is 8. The minimum Gasteiger partial charge on any atom is -0.309 e. The fraction of sp³-hybridized carbons (Fsp3) is 0.647. The van der Waals surface area contributed by atoms with Crippen LogP contribution in [0.5, 0.6) is 0 Å². The van der Waals surface area contributed by atoms with Gasteiger partial charge in [0.15, 0.2) is 0 Å². The molecular formula is C17H27NS. The molecule has 1 aromatic carbocycles. The van der Waals surface area contributed by atoms with Gasteiger partial charge >= 0.3 is 0 Å². The van der Waals surface area contributed by atoms with E-state index in [-0.39, 0.29) is 0 Å². The summed E-state index contributed by atoms with van der Waals surface area (Å²) in [6.07, 6.45) is 10.3. The maximum Gasteiger partial charge on any atom is 0.0320 e. The number of benzene rings is 1. The van der Waals surface area contributed by atoms with Crippen LogP contribution in [-0.4, -0.2) is 17.5 Å². The molecule has 2 rings (SSSR count). The topological polar surface area (TPSA) is 12.0 Å². The van der Waals surface area contributed by atoms with Crippen LogP contribution in [0.2, 0.25) is 0 Å². The first-order valence-electron chi connectivity index (χ1n) is 7.63. The van der Waals surface area contributed by atoms with Crippen LogP contribution in [0.1, 0.15) is 57.1 Å². The molecule has 0 aromatic heterocycles. The largest absolute Gasteiger partial charge is 0.309 e. The first-order chi connectivity index (χ1) is 9.29. The zero-order chi connectivity index (χ0) is 13.6. The van der Waals surface area contributed by atoms with Crippen molar-refractivity contribution < 1.29 is 0 Å². The third kappa shape index (κ3) is 4.00. The average Bonchev–Trinajstić information content (AvgIpc) is 2.42. The van der Waals surface area contributed by atoms with Gasteiger partial charge in [-0.2, -0.15) is 11.8 Å². The summed E-state index contributed by atoms with van der Waals surface area (Å²) >= 11 is 2.06. The molecule has 0 spiro atoms. The van der Waals surface area contributed by atoms with E-state index in [1.54, 1.807) is 0 Å². The summed E-state index contributed by atoms with van der Waals surface area (Å²) in [5.74, 6) is 0. The fourth-order valence-corrected chi connectivity index (χ4v) is 3.74. The van der Waals surface area contributed by atoms with Gasteiger partial charge in [0.1, 0.15) is 0 Å². The average molecular weight is 277 g/mol. The van der Waals surface area contributed by atoms with Crippen molar-refractivity contribution in [3.05, 3.63) is 35.9 Å². The highest BCUT2D eigenvalue weighted by atomic mass is 32.2.